The molecule has 1 amide bonds. The lowest BCUT2D eigenvalue weighted by atomic mass is 9.86. The zero-order valence-corrected chi connectivity index (χ0v) is 15.5. The summed E-state index contributed by atoms with van der Waals surface area (Å²) in [6.45, 7) is 1.56. The van der Waals surface area contributed by atoms with E-state index in [2.05, 4.69) is 20.3 Å². The first-order valence-corrected chi connectivity index (χ1v) is 10.1. The second kappa shape index (κ2) is 8.79. The lowest BCUT2D eigenvalue weighted by Crippen LogP contribution is -2.42. The van der Waals surface area contributed by atoms with Gasteiger partial charge in [0.05, 0.1) is 11.4 Å². The minimum Gasteiger partial charge on any atom is -0.406 e. The van der Waals surface area contributed by atoms with E-state index in [4.69, 9.17) is 0 Å². The molecule has 0 aliphatic heterocycles. The highest BCUT2D eigenvalue weighted by Crippen LogP contribution is 2.26. The first-order chi connectivity index (χ1) is 12.6. The third kappa shape index (κ3) is 7.25. The maximum Gasteiger partial charge on any atom is 0.573 e. The van der Waals surface area contributed by atoms with Crippen LogP contribution in [0.3, 0.4) is 0 Å². The van der Waals surface area contributed by atoms with Crippen LogP contribution in [-0.4, -0.2) is 32.5 Å². The van der Waals surface area contributed by atoms with Gasteiger partial charge in [-0.2, -0.15) is 0 Å². The highest BCUT2D eigenvalue weighted by atomic mass is 32.2. The molecule has 0 spiro atoms. The van der Waals surface area contributed by atoms with E-state index >= 15 is 0 Å². The number of carbonyl (C=O) groups excluding carboxylic acids is 1. The van der Waals surface area contributed by atoms with Crippen molar-refractivity contribution in [3.05, 3.63) is 24.3 Å². The summed E-state index contributed by atoms with van der Waals surface area (Å²) >= 11 is 0. The van der Waals surface area contributed by atoms with Gasteiger partial charge in [0.15, 0.2) is 0 Å². The number of ether oxygens (including phenoxy) is 1. The van der Waals surface area contributed by atoms with E-state index in [0.717, 1.165) is 12.1 Å². The molecule has 1 aromatic rings. The monoisotopic (exact) mass is 409 g/mol. The minimum atomic E-state index is -4.76. The molecule has 0 aromatic heterocycles. The molecule has 152 valence electrons. The van der Waals surface area contributed by atoms with Gasteiger partial charge in [0, 0.05) is 12.0 Å². The van der Waals surface area contributed by atoms with E-state index in [-0.39, 0.29) is 29.4 Å². The van der Waals surface area contributed by atoms with Crippen LogP contribution in [0, 0.1) is 5.92 Å². The molecular weight excluding hydrogens is 387 g/mol. The Hall–Kier alpha value is -2.01. The van der Waals surface area contributed by atoms with Crippen LogP contribution >= 0.6 is 0 Å². The van der Waals surface area contributed by atoms with Crippen LogP contribution in [-0.2, 0) is 14.8 Å². The van der Waals surface area contributed by atoms with Gasteiger partial charge < -0.3 is 4.74 Å². The van der Waals surface area contributed by atoms with Crippen molar-refractivity contribution >= 4 is 21.6 Å². The van der Waals surface area contributed by atoms with Gasteiger partial charge in [0.25, 0.3) is 0 Å². The zero-order valence-electron chi connectivity index (χ0n) is 14.7. The van der Waals surface area contributed by atoms with Gasteiger partial charge in [-0.3, -0.25) is 15.6 Å². The Morgan fingerprint density at radius 3 is 2.26 bits per heavy atom. The summed E-state index contributed by atoms with van der Waals surface area (Å²) < 4.78 is 65.8. The smallest absolute Gasteiger partial charge is 0.406 e. The number of alkyl halides is 3. The molecule has 7 nitrogen and oxygen atoms in total. The number of nitrogens with one attached hydrogen (secondary N) is 3. The summed E-state index contributed by atoms with van der Waals surface area (Å²) in [4.78, 5) is 12.2. The Labute approximate surface area is 155 Å². The van der Waals surface area contributed by atoms with E-state index in [9.17, 15) is 26.4 Å². The molecule has 1 fully saturated rings. The van der Waals surface area contributed by atoms with Crippen molar-refractivity contribution < 1.29 is 31.1 Å². The Kier molecular flexibility index (Phi) is 6.93. The molecule has 0 atom stereocenters. The molecule has 0 heterocycles. The number of hydrogen-bond acceptors (Lipinski definition) is 5. The van der Waals surface area contributed by atoms with Crippen molar-refractivity contribution in [3.63, 3.8) is 0 Å². The summed E-state index contributed by atoms with van der Waals surface area (Å²) in [5, 5.41) is 0. The van der Waals surface area contributed by atoms with E-state index in [1.165, 1.54) is 12.1 Å². The molecule has 0 radical (unpaired) electrons. The van der Waals surface area contributed by atoms with Crippen molar-refractivity contribution in [1.82, 2.24) is 10.1 Å². The zero-order chi connectivity index (χ0) is 20.1. The van der Waals surface area contributed by atoms with E-state index in [1.807, 2.05) is 0 Å². The number of hydrazine groups is 1. The Bertz CT molecular complexity index is 730. The summed E-state index contributed by atoms with van der Waals surface area (Å²) in [6.07, 6.45) is -2.53. The predicted octanol–water partition coefficient (Wildman–Crippen LogP) is 2.53. The molecule has 0 saturated heterocycles. The molecule has 1 aliphatic carbocycles. The van der Waals surface area contributed by atoms with E-state index < -0.39 is 16.4 Å². The van der Waals surface area contributed by atoms with Gasteiger partial charge in [-0.1, -0.05) is 0 Å². The third-order valence-electron chi connectivity index (χ3n) is 4.24. The van der Waals surface area contributed by atoms with Gasteiger partial charge in [-0.15, -0.1) is 13.2 Å². The van der Waals surface area contributed by atoms with Gasteiger partial charge in [-0.05, 0) is 56.9 Å². The summed E-state index contributed by atoms with van der Waals surface area (Å²) in [7, 11) is -3.26. The van der Waals surface area contributed by atoms with E-state index in [1.54, 1.807) is 6.92 Å². The summed E-state index contributed by atoms with van der Waals surface area (Å²) in [6, 6.07) is 4.79. The number of rotatable bonds is 7. The number of sulfonamides is 1. The van der Waals surface area contributed by atoms with Crippen LogP contribution in [0.5, 0.6) is 5.75 Å². The van der Waals surface area contributed by atoms with E-state index in [0.29, 0.717) is 31.4 Å². The number of anilines is 1. The molecule has 3 N–H and O–H groups in total. The number of carbonyl (C=O) groups is 1. The number of amides is 1. The lowest BCUT2D eigenvalue weighted by Gasteiger charge is -2.28. The standard InChI is InChI=1S/C16H22F3N3O4S/c1-2-27(24,25)22-13-5-3-11(4-6-13)15(23)21-20-12-7-9-14(10-8-12)26-16(17,18)19/h7-11,13,20,22H,2-6H2,1H3,(H,21,23)/t11-,13-. The third-order valence-corrected chi connectivity index (χ3v) is 5.69. The maximum atomic E-state index is 12.2. The molecule has 0 unspecified atom stereocenters. The number of halogens is 3. The van der Waals surface area contributed by atoms with Crippen LogP contribution < -0.4 is 20.3 Å². The second-order valence-corrected chi connectivity index (χ2v) is 8.30. The van der Waals surface area contributed by atoms with Gasteiger partial charge in [0.1, 0.15) is 5.75 Å². The van der Waals surface area contributed by atoms with Crippen molar-refractivity contribution in [1.29, 1.82) is 0 Å². The van der Waals surface area contributed by atoms with Crippen molar-refractivity contribution in [2.24, 2.45) is 5.92 Å². The van der Waals surface area contributed by atoms with Crippen molar-refractivity contribution in [2.45, 2.75) is 45.0 Å². The molecule has 1 aromatic carbocycles. The average Bonchev–Trinajstić information content (AvgIpc) is 2.60. The molecule has 1 saturated carbocycles. The molecular formula is C16H22F3N3O4S. The Morgan fingerprint density at radius 1 is 1.15 bits per heavy atom. The van der Waals surface area contributed by atoms with Gasteiger partial charge >= 0.3 is 6.36 Å². The fraction of sp³-hybridized carbons (Fsp3) is 0.562. The predicted molar refractivity (Wildman–Crippen MR) is 93.2 cm³/mol. The largest absolute Gasteiger partial charge is 0.573 e. The number of hydrogen-bond donors (Lipinski definition) is 3. The highest BCUT2D eigenvalue weighted by molar-refractivity contribution is 7.89. The molecule has 0 bridgehead atoms. The molecule has 27 heavy (non-hydrogen) atoms. The first kappa shape index (κ1) is 21.3. The molecule has 11 heteroatoms. The highest BCUT2D eigenvalue weighted by Gasteiger charge is 2.31. The Balaban J connectivity index is 1.76. The fourth-order valence-electron chi connectivity index (χ4n) is 2.79. The number of benzene rings is 1. The van der Waals surface area contributed by atoms with Gasteiger partial charge in [-0.25, -0.2) is 13.1 Å². The quantitative estimate of drug-likeness (QED) is 0.602. The summed E-state index contributed by atoms with van der Waals surface area (Å²) in [5.74, 6) is -0.841. The second-order valence-electron chi connectivity index (χ2n) is 6.26. The maximum absolute atomic E-state index is 12.2. The average molecular weight is 409 g/mol. The SMILES string of the molecule is CCS(=O)(=O)N[C@H]1CC[C@H](C(=O)NNc2ccc(OC(F)(F)F)cc2)CC1. The molecule has 2 rings (SSSR count). The lowest BCUT2D eigenvalue weighted by molar-refractivity contribution is -0.274. The first-order valence-electron chi connectivity index (χ1n) is 8.49. The minimum absolute atomic E-state index is 0.0180. The van der Waals surface area contributed by atoms with Crippen LogP contribution in [0.2, 0.25) is 0 Å². The van der Waals surface area contributed by atoms with Crippen LogP contribution in [0.25, 0.3) is 0 Å². The van der Waals surface area contributed by atoms with Crippen molar-refractivity contribution in [2.75, 3.05) is 11.2 Å². The fourth-order valence-corrected chi connectivity index (χ4v) is 3.70. The van der Waals surface area contributed by atoms with Crippen molar-refractivity contribution in [3.8, 4) is 5.75 Å². The topological polar surface area (TPSA) is 96.5 Å². The van der Waals surface area contributed by atoms with Crippen LogP contribution in [0.1, 0.15) is 32.6 Å². The summed E-state index contributed by atoms with van der Waals surface area (Å²) in [5.41, 5.74) is 5.57. The van der Waals surface area contributed by atoms with Crippen LogP contribution in [0.15, 0.2) is 24.3 Å². The van der Waals surface area contributed by atoms with Gasteiger partial charge in [0.2, 0.25) is 15.9 Å². The molecule has 1 aliphatic rings. The normalized spacial score (nSPS) is 20.7. The Morgan fingerprint density at radius 2 is 1.74 bits per heavy atom. The van der Waals surface area contributed by atoms with Crippen LogP contribution in [0.4, 0.5) is 18.9 Å².